The molecule has 0 spiro atoms. The summed E-state index contributed by atoms with van der Waals surface area (Å²) in [5.74, 6) is -2.33. The van der Waals surface area contributed by atoms with Gasteiger partial charge in [0.25, 0.3) is 10.0 Å². The normalized spacial score (nSPS) is 11.8. The molecular formula is C16H11F2NO3S. The van der Waals surface area contributed by atoms with E-state index in [0.717, 1.165) is 27.9 Å². The highest BCUT2D eigenvalue weighted by Gasteiger charge is 2.22. The maximum absolute atomic E-state index is 13.5. The summed E-state index contributed by atoms with van der Waals surface area (Å²) >= 11 is 0. The molecule has 0 aliphatic carbocycles. The molecule has 0 N–H and O–H groups in total. The lowest BCUT2D eigenvalue weighted by atomic mass is 10.2. The van der Waals surface area contributed by atoms with E-state index in [2.05, 4.69) is 0 Å². The Balaban J connectivity index is 2.33. The summed E-state index contributed by atoms with van der Waals surface area (Å²) in [5, 5.41) is 0.0367. The van der Waals surface area contributed by atoms with Crippen LogP contribution in [0.1, 0.15) is 15.9 Å². The second kappa shape index (κ2) is 5.27. The fourth-order valence-corrected chi connectivity index (χ4v) is 3.70. The van der Waals surface area contributed by atoms with Crippen LogP contribution in [0.25, 0.3) is 10.9 Å². The summed E-state index contributed by atoms with van der Waals surface area (Å²) in [6.45, 7) is 1.81. The van der Waals surface area contributed by atoms with Crippen molar-refractivity contribution in [3.8, 4) is 0 Å². The van der Waals surface area contributed by atoms with Crippen LogP contribution in [-0.2, 0) is 10.0 Å². The van der Waals surface area contributed by atoms with Crippen molar-refractivity contribution in [2.45, 2.75) is 11.8 Å². The molecule has 118 valence electrons. The van der Waals surface area contributed by atoms with E-state index in [9.17, 15) is 22.0 Å². The Morgan fingerprint density at radius 3 is 2.26 bits per heavy atom. The SMILES string of the molecule is Cc1ccc(S(=O)(=O)n2cc(C=O)c3cc(F)c(F)cc32)cc1. The van der Waals surface area contributed by atoms with E-state index in [1.165, 1.54) is 12.1 Å². The molecule has 0 amide bonds. The molecule has 0 saturated carbocycles. The van der Waals surface area contributed by atoms with Gasteiger partial charge in [-0.1, -0.05) is 17.7 Å². The van der Waals surface area contributed by atoms with E-state index < -0.39 is 21.7 Å². The number of rotatable bonds is 3. The molecule has 1 aromatic heterocycles. The highest BCUT2D eigenvalue weighted by Crippen LogP contribution is 2.27. The van der Waals surface area contributed by atoms with E-state index in [0.29, 0.717) is 6.29 Å². The topological polar surface area (TPSA) is 56.1 Å². The summed E-state index contributed by atoms with van der Waals surface area (Å²) in [7, 11) is -4.03. The fraction of sp³-hybridized carbons (Fsp3) is 0.0625. The number of aldehydes is 1. The predicted octanol–water partition coefficient (Wildman–Crippen LogP) is 3.28. The molecule has 7 heteroatoms. The smallest absolute Gasteiger partial charge is 0.268 e. The molecule has 0 fully saturated rings. The van der Waals surface area contributed by atoms with Gasteiger partial charge >= 0.3 is 0 Å². The van der Waals surface area contributed by atoms with Crippen molar-refractivity contribution in [1.82, 2.24) is 3.97 Å². The van der Waals surface area contributed by atoms with Gasteiger partial charge in [-0.2, -0.15) is 0 Å². The van der Waals surface area contributed by atoms with Gasteiger partial charge in [0.05, 0.1) is 10.4 Å². The molecule has 0 aliphatic rings. The lowest BCUT2D eigenvalue weighted by molar-refractivity contribution is 0.112. The molecule has 1 heterocycles. The summed E-state index contributed by atoms with van der Waals surface area (Å²) in [6.07, 6.45) is 1.46. The molecule has 0 bridgehead atoms. The van der Waals surface area contributed by atoms with Gasteiger partial charge in [0, 0.05) is 23.2 Å². The molecule has 0 unspecified atom stereocenters. The van der Waals surface area contributed by atoms with E-state index in [-0.39, 0.29) is 21.4 Å². The van der Waals surface area contributed by atoms with E-state index >= 15 is 0 Å². The Morgan fingerprint density at radius 2 is 1.65 bits per heavy atom. The third kappa shape index (κ3) is 2.43. The standard InChI is InChI=1S/C16H11F2NO3S/c1-10-2-4-12(5-3-10)23(21,22)19-8-11(9-20)13-6-14(17)15(18)7-16(13)19/h2-9H,1H3. The van der Waals surface area contributed by atoms with Crippen LogP contribution < -0.4 is 0 Å². The van der Waals surface area contributed by atoms with Gasteiger partial charge in [0.15, 0.2) is 17.9 Å². The van der Waals surface area contributed by atoms with Crippen molar-refractivity contribution < 1.29 is 22.0 Å². The fourth-order valence-electron chi connectivity index (χ4n) is 2.33. The minimum absolute atomic E-state index is 0.0119. The van der Waals surface area contributed by atoms with Crippen molar-refractivity contribution in [3.63, 3.8) is 0 Å². The first kappa shape index (κ1) is 15.4. The number of benzene rings is 2. The number of aromatic nitrogens is 1. The second-order valence-corrected chi connectivity index (χ2v) is 6.91. The van der Waals surface area contributed by atoms with Crippen molar-refractivity contribution in [2.24, 2.45) is 0 Å². The molecule has 2 aromatic carbocycles. The number of hydrogen-bond donors (Lipinski definition) is 0. The van der Waals surface area contributed by atoms with E-state index in [1.54, 1.807) is 12.1 Å². The zero-order valence-electron chi connectivity index (χ0n) is 12.0. The average Bonchev–Trinajstić information content (AvgIpc) is 2.86. The highest BCUT2D eigenvalue weighted by molar-refractivity contribution is 7.90. The molecule has 3 rings (SSSR count). The Morgan fingerprint density at radius 1 is 1.04 bits per heavy atom. The Labute approximate surface area is 131 Å². The highest BCUT2D eigenvalue weighted by atomic mass is 32.2. The third-order valence-corrected chi connectivity index (χ3v) is 5.24. The molecular weight excluding hydrogens is 324 g/mol. The molecule has 4 nitrogen and oxygen atoms in total. The van der Waals surface area contributed by atoms with E-state index in [4.69, 9.17) is 0 Å². The lowest BCUT2D eigenvalue weighted by Gasteiger charge is -2.08. The number of fused-ring (bicyclic) bond motifs is 1. The van der Waals surface area contributed by atoms with Crippen LogP contribution >= 0.6 is 0 Å². The number of nitrogens with zero attached hydrogens (tertiary/aromatic N) is 1. The molecule has 3 aromatic rings. The largest absolute Gasteiger partial charge is 0.298 e. The van der Waals surface area contributed by atoms with Gasteiger partial charge in [-0.25, -0.2) is 21.2 Å². The number of carbonyl (C=O) groups excluding carboxylic acids is 1. The maximum atomic E-state index is 13.5. The molecule has 0 atom stereocenters. The Hall–Kier alpha value is -2.54. The predicted molar refractivity (Wildman–Crippen MR) is 81.0 cm³/mol. The third-order valence-electron chi connectivity index (χ3n) is 3.55. The zero-order chi connectivity index (χ0) is 16.8. The van der Waals surface area contributed by atoms with Crippen molar-refractivity contribution in [1.29, 1.82) is 0 Å². The quantitative estimate of drug-likeness (QED) is 0.690. The van der Waals surface area contributed by atoms with Gasteiger partial charge in [-0.3, -0.25) is 4.79 Å². The summed E-state index contributed by atoms with van der Waals surface area (Å²) in [6, 6.07) is 7.66. The number of hydrogen-bond acceptors (Lipinski definition) is 3. The van der Waals surface area contributed by atoms with Crippen molar-refractivity contribution in [2.75, 3.05) is 0 Å². The summed E-state index contributed by atoms with van der Waals surface area (Å²) in [5.41, 5.74) is 0.754. The van der Waals surface area contributed by atoms with Crippen LogP contribution in [0.5, 0.6) is 0 Å². The second-order valence-electron chi connectivity index (χ2n) is 5.10. The number of halogens is 2. The van der Waals surface area contributed by atoms with Gasteiger partial charge in [0.2, 0.25) is 0 Å². The average molecular weight is 335 g/mol. The molecule has 23 heavy (non-hydrogen) atoms. The van der Waals surface area contributed by atoms with Crippen LogP contribution in [0.4, 0.5) is 8.78 Å². The molecule has 0 radical (unpaired) electrons. The van der Waals surface area contributed by atoms with Crippen LogP contribution in [0.15, 0.2) is 47.5 Å². The Bertz CT molecular complexity index is 1020. The van der Waals surface area contributed by atoms with Crippen molar-refractivity contribution in [3.05, 3.63) is 65.4 Å². The summed E-state index contributed by atoms with van der Waals surface area (Å²) < 4.78 is 53.1. The first-order valence-corrected chi connectivity index (χ1v) is 8.06. The van der Waals surface area contributed by atoms with Crippen LogP contribution in [0, 0.1) is 18.6 Å². The first-order valence-electron chi connectivity index (χ1n) is 6.62. The number of aryl methyl sites for hydroxylation is 1. The molecule has 0 aliphatic heterocycles. The van der Waals surface area contributed by atoms with Gasteiger partial charge in [-0.15, -0.1) is 0 Å². The molecule has 0 saturated heterocycles. The monoisotopic (exact) mass is 335 g/mol. The Kier molecular flexibility index (Phi) is 3.52. The van der Waals surface area contributed by atoms with Crippen molar-refractivity contribution >= 4 is 27.2 Å². The van der Waals surface area contributed by atoms with Gasteiger partial charge < -0.3 is 0 Å². The van der Waals surface area contributed by atoms with Crippen LogP contribution in [-0.4, -0.2) is 18.7 Å². The van der Waals surface area contributed by atoms with Crippen LogP contribution in [0.3, 0.4) is 0 Å². The minimum Gasteiger partial charge on any atom is -0.298 e. The van der Waals surface area contributed by atoms with Crippen LogP contribution in [0.2, 0.25) is 0 Å². The van der Waals surface area contributed by atoms with Gasteiger partial charge in [0.1, 0.15) is 0 Å². The number of carbonyl (C=O) groups is 1. The zero-order valence-corrected chi connectivity index (χ0v) is 12.8. The summed E-state index contributed by atoms with van der Waals surface area (Å²) in [4.78, 5) is 11.1. The van der Waals surface area contributed by atoms with E-state index in [1.807, 2.05) is 6.92 Å². The van der Waals surface area contributed by atoms with Gasteiger partial charge in [-0.05, 0) is 25.1 Å². The first-order chi connectivity index (χ1) is 10.8. The lowest BCUT2D eigenvalue weighted by Crippen LogP contribution is -2.12. The minimum atomic E-state index is -4.03. The maximum Gasteiger partial charge on any atom is 0.268 e.